The van der Waals surface area contributed by atoms with E-state index in [9.17, 15) is 9.90 Å². The van der Waals surface area contributed by atoms with Crippen LogP contribution in [0.3, 0.4) is 0 Å². The Labute approximate surface area is 147 Å². The molecule has 1 fully saturated rings. The van der Waals surface area contributed by atoms with Crippen LogP contribution in [0.2, 0.25) is 0 Å². The third-order valence-electron chi connectivity index (χ3n) is 4.05. The van der Waals surface area contributed by atoms with Gasteiger partial charge in [-0.05, 0) is 36.1 Å². The Morgan fingerprint density at radius 2 is 2.00 bits per heavy atom. The molecule has 1 saturated heterocycles. The number of phenolic OH excluding ortho intramolecular Hbond substituents is 1. The van der Waals surface area contributed by atoms with Crippen LogP contribution in [0.1, 0.15) is 45.1 Å². The lowest BCUT2D eigenvalue weighted by atomic mass is 9.99. The van der Waals surface area contributed by atoms with E-state index in [-0.39, 0.29) is 11.7 Å². The van der Waals surface area contributed by atoms with Crippen molar-refractivity contribution in [3.8, 4) is 5.75 Å². The van der Waals surface area contributed by atoms with E-state index >= 15 is 0 Å². The van der Waals surface area contributed by atoms with Gasteiger partial charge >= 0.3 is 0 Å². The predicted molar refractivity (Wildman–Crippen MR) is 101 cm³/mol. The fraction of sp³-hybridized carbons (Fsp3) is 0.444. The Kier molecular flexibility index (Phi) is 6.66. The van der Waals surface area contributed by atoms with Gasteiger partial charge in [-0.2, -0.15) is 0 Å². The van der Waals surface area contributed by atoms with Crippen LogP contribution in [0.5, 0.6) is 5.75 Å². The fourth-order valence-electron chi connectivity index (χ4n) is 2.55. The van der Waals surface area contributed by atoms with Gasteiger partial charge in [-0.1, -0.05) is 69.2 Å². The zero-order valence-corrected chi connectivity index (χ0v) is 15.3. The third kappa shape index (κ3) is 4.82. The second kappa shape index (κ2) is 8.50. The molecule has 1 unspecified atom stereocenters. The Morgan fingerprint density at radius 3 is 2.61 bits per heavy atom. The summed E-state index contributed by atoms with van der Waals surface area (Å²) in [6.45, 7) is 5.07. The summed E-state index contributed by atoms with van der Waals surface area (Å²) in [6.07, 6.45) is 6.41. The highest BCUT2D eigenvalue weighted by molar-refractivity contribution is 8.26. The van der Waals surface area contributed by atoms with E-state index in [0.29, 0.717) is 21.7 Å². The number of phenols is 1. The lowest BCUT2D eigenvalue weighted by Gasteiger charge is -2.21. The number of thioether (sulfide) groups is 1. The summed E-state index contributed by atoms with van der Waals surface area (Å²) in [7, 11) is 0. The maximum Gasteiger partial charge on any atom is 0.266 e. The number of carbonyl (C=O) groups is 1. The summed E-state index contributed by atoms with van der Waals surface area (Å²) in [5.41, 5.74) is 0.890. The van der Waals surface area contributed by atoms with Crippen molar-refractivity contribution in [3.05, 3.63) is 34.7 Å². The number of hydrogen-bond acceptors (Lipinski definition) is 4. The molecule has 1 aromatic carbocycles. The highest BCUT2D eigenvalue weighted by Crippen LogP contribution is 2.34. The van der Waals surface area contributed by atoms with Crippen LogP contribution < -0.4 is 0 Å². The van der Waals surface area contributed by atoms with Crippen molar-refractivity contribution in [2.24, 2.45) is 5.92 Å². The molecular formula is C18H23NO2S2. The van der Waals surface area contributed by atoms with Crippen LogP contribution in [0.4, 0.5) is 0 Å². The molecule has 0 bridgehead atoms. The molecule has 1 aliphatic heterocycles. The second-order valence-corrected chi connectivity index (χ2v) is 7.48. The smallest absolute Gasteiger partial charge is 0.266 e. The first-order valence-corrected chi connectivity index (χ1v) is 9.32. The topological polar surface area (TPSA) is 40.5 Å². The number of benzene rings is 1. The van der Waals surface area contributed by atoms with Crippen LogP contribution in [0, 0.1) is 5.92 Å². The first-order chi connectivity index (χ1) is 11.0. The third-order valence-corrected chi connectivity index (χ3v) is 5.43. The van der Waals surface area contributed by atoms with Gasteiger partial charge in [-0.25, -0.2) is 0 Å². The summed E-state index contributed by atoms with van der Waals surface area (Å²) in [4.78, 5) is 15.0. The molecule has 1 atom stereocenters. The summed E-state index contributed by atoms with van der Waals surface area (Å²) in [6, 6.07) is 6.81. The van der Waals surface area contributed by atoms with Gasteiger partial charge in [-0.15, -0.1) is 0 Å². The SMILES string of the molecule is CCCCC(CC)CN1C(=O)C(=Cc2ccc(O)cc2)SC1=S. The summed E-state index contributed by atoms with van der Waals surface area (Å²) < 4.78 is 0.648. The predicted octanol–water partition coefficient (Wildman–Crippen LogP) is 4.81. The Bertz CT molecular complexity index is 596. The highest BCUT2D eigenvalue weighted by Gasteiger charge is 2.33. The van der Waals surface area contributed by atoms with Crippen molar-refractivity contribution in [1.82, 2.24) is 4.90 Å². The molecule has 1 N–H and O–H groups in total. The second-order valence-electron chi connectivity index (χ2n) is 5.80. The van der Waals surface area contributed by atoms with Crippen LogP contribution in [-0.2, 0) is 4.79 Å². The van der Waals surface area contributed by atoms with E-state index in [4.69, 9.17) is 12.2 Å². The normalized spacial score (nSPS) is 18.0. The van der Waals surface area contributed by atoms with Crippen LogP contribution in [0.15, 0.2) is 29.2 Å². The van der Waals surface area contributed by atoms with E-state index in [0.717, 1.165) is 18.4 Å². The van der Waals surface area contributed by atoms with Crippen molar-refractivity contribution in [3.63, 3.8) is 0 Å². The van der Waals surface area contributed by atoms with Gasteiger partial charge in [-0.3, -0.25) is 9.69 Å². The number of hydrogen-bond donors (Lipinski definition) is 1. The molecule has 5 heteroatoms. The van der Waals surface area contributed by atoms with Gasteiger partial charge in [0.15, 0.2) is 0 Å². The molecule has 1 amide bonds. The average molecular weight is 350 g/mol. The molecule has 2 rings (SSSR count). The van der Waals surface area contributed by atoms with E-state index in [1.807, 2.05) is 6.08 Å². The largest absolute Gasteiger partial charge is 0.508 e. The Morgan fingerprint density at radius 1 is 1.30 bits per heavy atom. The molecule has 0 aliphatic carbocycles. The van der Waals surface area contributed by atoms with E-state index < -0.39 is 0 Å². The lowest BCUT2D eigenvalue weighted by molar-refractivity contribution is -0.122. The molecule has 0 radical (unpaired) electrons. The summed E-state index contributed by atoms with van der Waals surface area (Å²) >= 11 is 6.76. The van der Waals surface area contributed by atoms with Gasteiger partial charge in [0.05, 0.1) is 4.91 Å². The van der Waals surface area contributed by atoms with Crippen LogP contribution in [0.25, 0.3) is 6.08 Å². The molecular weight excluding hydrogens is 326 g/mol. The summed E-state index contributed by atoms with van der Waals surface area (Å²) in [5, 5.41) is 9.33. The molecule has 0 spiro atoms. The summed E-state index contributed by atoms with van der Waals surface area (Å²) in [5.74, 6) is 0.727. The minimum Gasteiger partial charge on any atom is -0.508 e. The standard InChI is InChI=1S/C18H23NO2S2/c1-3-5-6-13(4-2)12-19-17(21)16(23-18(19)22)11-14-7-9-15(20)10-8-14/h7-11,13,20H,3-6,12H2,1-2H3. The Hall–Kier alpha value is -1.33. The monoisotopic (exact) mass is 349 g/mol. The van der Waals surface area contributed by atoms with Gasteiger partial charge < -0.3 is 5.11 Å². The van der Waals surface area contributed by atoms with Gasteiger partial charge in [0.25, 0.3) is 5.91 Å². The maximum atomic E-state index is 12.6. The number of amides is 1. The Balaban J connectivity index is 2.08. The van der Waals surface area contributed by atoms with Gasteiger partial charge in [0, 0.05) is 6.54 Å². The maximum absolute atomic E-state index is 12.6. The van der Waals surface area contributed by atoms with Crippen molar-refractivity contribution >= 4 is 40.3 Å². The zero-order valence-electron chi connectivity index (χ0n) is 13.6. The zero-order chi connectivity index (χ0) is 16.8. The lowest BCUT2D eigenvalue weighted by Crippen LogP contribution is -2.33. The fourth-order valence-corrected chi connectivity index (χ4v) is 3.83. The minimum absolute atomic E-state index is 0.00280. The molecule has 23 heavy (non-hydrogen) atoms. The number of unbranched alkanes of at least 4 members (excludes halogenated alkanes) is 1. The van der Waals surface area contributed by atoms with Crippen molar-refractivity contribution < 1.29 is 9.90 Å². The van der Waals surface area contributed by atoms with Crippen molar-refractivity contribution in [1.29, 1.82) is 0 Å². The quantitative estimate of drug-likeness (QED) is 0.566. The number of aromatic hydroxyl groups is 1. The molecule has 1 aliphatic rings. The highest BCUT2D eigenvalue weighted by atomic mass is 32.2. The minimum atomic E-state index is 0.00280. The molecule has 1 heterocycles. The number of nitrogens with zero attached hydrogens (tertiary/aromatic N) is 1. The molecule has 1 aromatic rings. The molecule has 0 aromatic heterocycles. The molecule has 124 valence electrons. The van der Waals surface area contributed by atoms with E-state index in [2.05, 4.69) is 13.8 Å². The van der Waals surface area contributed by atoms with Crippen molar-refractivity contribution in [2.75, 3.05) is 6.54 Å². The number of thiocarbonyl (C=S) groups is 1. The average Bonchev–Trinajstić information content (AvgIpc) is 2.80. The number of carbonyl (C=O) groups excluding carboxylic acids is 1. The molecule has 0 saturated carbocycles. The van der Waals surface area contributed by atoms with E-state index in [1.165, 1.54) is 24.6 Å². The van der Waals surface area contributed by atoms with Gasteiger partial charge in [0.2, 0.25) is 0 Å². The van der Waals surface area contributed by atoms with E-state index in [1.54, 1.807) is 29.2 Å². The van der Waals surface area contributed by atoms with Gasteiger partial charge in [0.1, 0.15) is 10.1 Å². The first-order valence-electron chi connectivity index (χ1n) is 8.09. The van der Waals surface area contributed by atoms with Crippen LogP contribution in [-0.4, -0.2) is 26.8 Å². The molecule has 3 nitrogen and oxygen atoms in total. The number of rotatable bonds is 7. The van der Waals surface area contributed by atoms with Crippen LogP contribution >= 0.6 is 24.0 Å². The van der Waals surface area contributed by atoms with Crippen molar-refractivity contribution in [2.45, 2.75) is 39.5 Å². The first kappa shape index (κ1) is 18.0.